The van der Waals surface area contributed by atoms with Gasteiger partial charge in [0, 0.05) is 20.0 Å². The van der Waals surface area contributed by atoms with Crippen LogP contribution in [0.1, 0.15) is 37.6 Å². The van der Waals surface area contributed by atoms with E-state index < -0.39 is 21.6 Å². The van der Waals surface area contributed by atoms with E-state index >= 15 is 0 Å². The molecule has 1 aromatic rings. The Morgan fingerprint density at radius 1 is 1.23 bits per heavy atom. The number of sulfonamides is 1. The molecule has 2 heterocycles. The molecule has 1 saturated carbocycles. The minimum atomic E-state index is -3.65. The second kappa shape index (κ2) is 5.23. The summed E-state index contributed by atoms with van der Waals surface area (Å²) in [6.07, 6.45) is 3.33. The number of pyridine rings is 1. The summed E-state index contributed by atoms with van der Waals surface area (Å²) in [6.45, 7) is 3.31. The van der Waals surface area contributed by atoms with Crippen LogP contribution in [0.2, 0.25) is 0 Å². The van der Waals surface area contributed by atoms with Crippen molar-refractivity contribution in [1.29, 1.82) is 0 Å². The van der Waals surface area contributed by atoms with E-state index in [9.17, 15) is 17.2 Å². The standard InChI is InChI=1S/C15H20F2N2O2S/c1-10-13(6-7-14(18-10)15(2,16)17)22(20,21)19-8-11-4-3-5-12(11)9-19/h6-7,11-12H,3-5,8-9H2,1-2H3. The van der Waals surface area contributed by atoms with Gasteiger partial charge in [0.2, 0.25) is 10.0 Å². The molecule has 7 heteroatoms. The molecule has 1 aliphatic heterocycles. The van der Waals surface area contributed by atoms with Crippen LogP contribution in [-0.2, 0) is 15.9 Å². The molecule has 2 atom stereocenters. The van der Waals surface area contributed by atoms with E-state index in [1.165, 1.54) is 23.7 Å². The van der Waals surface area contributed by atoms with Gasteiger partial charge < -0.3 is 0 Å². The molecule has 2 aliphatic rings. The van der Waals surface area contributed by atoms with Crippen molar-refractivity contribution in [2.45, 2.75) is 43.9 Å². The van der Waals surface area contributed by atoms with Crippen molar-refractivity contribution in [2.75, 3.05) is 13.1 Å². The highest BCUT2D eigenvalue weighted by Gasteiger charge is 2.42. The predicted octanol–water partition coefficient (Wildman–Crippen LogP) is 2.92. The Kier molecular flexibility index (Phi) is 3.76. The van der Waals surface area contributed by atoms with Gasteiger partial charge in [-0.3, -0.25) is 4.98 Å². The normalized spacial score (nSPS) is 26.4. The molecule has 0 bridgehead atoms. The van der Waals surface area contributed by atoms with Crippen LogP contribution >= 0.6 is 0 Å². The lowest BCUT2D eigenvalue weighted by Crippen LogP contribution is -2.30. The van der Waals surface area contributed by atoms with Gasteiger partial charge in [0.1, 0.15) is 10.6 Å². The summed E-state index contributed by atoms with van der Waals surface area (Å²) in [6, 6.07) is 2.37. The maximum absolute atomic E-state index is 13.3. The van der Waals surface area contributed by atoms with E-state index in [1.54, 1.807) is 0 Å². The third kappa shape index (κ3) is 2.65. The van der Waals surface area contributed by atoms with E-state index in [0.29, 0.717) is 24.9 Å². The number of aryl methyl sites for hydroxylation is 1. The average Bonchev–Trinajstić information content (AvgIpc) is 2.97. The number of alkyl halides is 2. The Morgan fingerprint density at radius 3 is 2.32 bits per heavy atom. The summed E-state index contributed by atoms with van der Waals surface area (Å²) in [5.74, 6) is -2.18. The first-order valence-corrected chi connectivity index (χ1v) is 8.99. The van der Waals surface area contributed by atoms with Gasteiger partial charge in [0.05, 0.1) is 5.69 Å². The average molecular weight is 330 g/mol. The fraction of sp³-hybridized carbons (Fsp3) is 0.667. The van der Waals surface area contributed by atoms with E-state index in [-0.39, 0.29) is 10.6 Å². The van der Waals surface area contributed by atoms with Crippen LogP contribution in [0.25, 0.3) is 0 Å². The number of rotatable bonds is 3. The second-order valence-electron chi connectivity index (χ2n) is 6.44. The Balaban J connectivity index is 1.90. The number of fused-ring (bicyclic) bond motifs is 1. The van der Waals surface area contributed by atoms with Gasteiger partial charge in [-0.15, -0.1) is 0 Å². The summed E-state index contributed by atoms with van der Waals surface area (Å²) >= 11 is 0. The summed E-state index contributed by atoms with van der Waals surface area (Å²) in [5, 5.41) is 0. The summed E-state index contributed by atoms with van der Waals surface area (Å²) in [4.78, 5) is 3.84. The number of halogens is 2. The fourth-order valence-corrected chi connectivity index (χ4v) is 5.31. The van der Waals surface area contributed by atoms with Crippen LogP contribution in [0.3, 0.4) is 0 Å². The van der Waals surface area contributed by atoms with Crippen molar-refractivity contribution in [1.82, 2.24) is 9.29 Å². The molecular weight excluding hydrogens is 310 g/mol. The van der Waals surface area contributed by atoms with E-state index in [1.807, 2.05) is 0 Å². The lowest BCUT2D eigenvalue weighted by atomic mass is 10.0. The molecule has 122 valence electrons. The number of hydrogen-bond acceptors (Lipinski definition) is 3. The summed E-state index contributed by atoms with van der Waals surface area (Å²) < 4.78 is 53.6. The van der Waals surface area contributed by atoms with Crippen LogP contribution < -0.4 is 0 Å². The largest absolute Gasteiger partial charge is 0.286 e. The zero-order chi connectivity index (χ0) is 16.1. The maximum Gasteiger partial charge on any atom is 0.286 e. The Bertz CT molecular complexity index is 673. The van der Waals surface area contributed by atoms with E-state index in [2.05, 4.69) is 4.98 Å². The quantitative estimate of drug-likeness (QED) is 0.856. The fourth-order valence-electron chi connectivity index (χ4n) is 3.59. The number of hydrogen-bond donors (Lipinski definition) is 0. The van der Waals surface area contributed by atoms with Crippen molar-refractivity contribution in [3.63, 3.8) is 0 Å². The molecule has 2 fully saturated rings. The summed E-state index contributed by atoms with van der Waals surface area (Å²) in [5.41, 5.74) is -0.265. The van der Waals surface area contributed by atoms with Crippen molar-refractivity contribution >= 4 is 10.0 Å². The zero-order valence-corrected chi connectivity index (χ0v) is 13.5. The minimum Gasteiger partial charge on any atom is -0.250 e. The SMILES string of the molecule is Cc1nc(C(C)(F)F)ccc1S(=O)(=O)N1CC2CCCC2C1. The number of nitrogens with zero attached hydrogens (tertiary/aromatic N) is 2. The zero-order valence-electron chi connectivity index (χ0n) is 12.7. The molecule has 0 radical (unpaired) electrons. The number of aromatic nitrogens is 1. The minimum absolute atomic E-state index is 0.0421. The van der Waals surface area contributed by atoms with Crippen LogP contribution in [0.15, 0.2) is 17.0 Å². The van der Waals surface area contributed by atoms with Crippen molar-refractivity contribution in [3.8, 4) is 0 Å². The lowest BCUT2D eigenvalue weighted by Gasteiger charge is -2.19. The topological polar surface area (TPSA) is 50.3 Å². The molecule has 1 aliphatic carbocycles. The highest BCUT2D eigenvalue weighted by molar-refractivity contribution is 7.89. The first-order valence-electron chi connectivity index (χ1n) is 7.55. The van der Waals surface area contributed by atoms with Crippen LogP contribution in [0.5, 0.6) is 0 Å². The predicted molar refractivity (Wildman–Crippen MR) is 78.1 cm³/mol. The third-order valence-electron chi connectivity index (χ3n) is 4.80. The van der Waals surface area contributed by atoms with Crippen molar-refractivity contribution in [3.05, 3.63) is 23.5 Å². The molecule has 2 unspecified atom stereocenters. The van der Waals surface area contributed by atoms with Gasteiger partial charge in [-0.05, 0) is 43.7 Å². The Morgan fingerprint density at radius 2 is 1.82 bits per heavy atom. The highest BCUT2D eigenvalue weighted by atomic mass is 32.2. The van der Waals surface area contributed by atoms with Crippen LogP contribution in [0.4, 0.5) is 8.78 Å². The van der Waals surface area contributed by atoms with E-state index in [4.69, 9.17) is 0 Å². The third-order valence-corrected chi connectivity index (χ3v) is 6.76. The second-order valence-corrected chi connectivity index (χ2v) is 8.35. The molecule has 0 amide bonds. The van der Waals surface area contributed by atoms with Crippen molar-refractivity contribution < 1.29 is 17.2 Å². The Labute approximate surface area is 129 Å². The van der Waals surface area contributed by atoms with Gasteiger partial charge in [0.25, 0.3) is 5.92 Å². The van der Waals surface area contributed by atoms with Crippen molar-refractivity contribution in [2.24, 2.45) is 11.8 Å². The first-order chi connectivity index (χ1) is 10.2. The maximum atomic E-state index is 13.3. The lowest BCUT2D eigenvalue weighted by molar-refractivity contribution is 0.0125. The molecule has 0 spiro atoms. The molecule has 4 nitrogen and oxygen atoms in total. The Hall–Kier alpha value is -1.08. The molecular formula is C15H20F2N2O2S. The molecule has 0 N–H and O–H groups in total. The van der Waals surface area contributed by atoms with Gasteiger partial charge >= 0.3 is 0 Å². The summed E-state index contributed by atoms with van der Waals surface area (Å²) in [7, 11) is -3.65. The smallest absolute Gasteiger partial charge is 0.250 e. The molecule has 1 saturated heterocycles. The van der Waals surface area contributed by atoms with Crippen LogP contribution in [-0.4, -0.2) is 30.8 Å². The molecule has 1 aromatic heterocycles. The van der Waals surface area contributed by atoms with Gasteiger partial charge in [0.15, 0.2) is 0 Å². The van der Waals surface area contributed by atoms with E-state index in [0.717, 1.165) is 25.8 Å². The molecule has 3 rings (SSSR count). The van der Waals surface area contributed by atoms with Gasteiger partial charge in [-0.1, -0.05) is 6.42 Å². The molecule has 22 heavy (non-hydrogen) atoms. The van der Waals surface area contributed by atoms with Crippen LogP contribution in [0, 0.1) is 18.8 Å². The first kappa shape index (κ1) is 15.8. The highest BCUT2D eigenvalue weighted by Crippen LogP contribution is 2.40. The van der Waals surface area contributed by atoms with Gasteiger partial charge in [-0.2, -0.15) is 13.1 Å². The van der Waals surface area contributed by atoms with Gasteiger partial charge in [-0.25, -0.2) is 8.42 Å². The molecule has 0 aromatic carbocycles. The monoisotopic (exact) mass is 330 g/mol.